The van der Waals surface area contributed by atoms with E-state index in [1.807, 2.05) is 48.5 Å². The fourth-order valence-electron chi connectivity index (χ4n) is 1.87. The van der Waals surface area contributed by atoms with Crippen LogP contribution in [0.4, 0.5) is 11.4 Å². The number of para-hydroxylation sites is 1. The molecule has 1 N–H and O–H groups in total. The van der Waals surface area contributed by atoms with Gasteiger partial charge >= 0.3 is 0 Å². The van der Waals surface area contributed by atoms with Crippen LogP contribution in [0.3, 0.4) is 0 Å². The Hall–Kier alpha value is -1.94. The van der Waals surface area contributed by atoms with Gasteiger partial charge in [-0.2, -0.15) is 0 Å². The summed E-state index contributed by atoms with van der Waals surface area (Å²) in [5, 5.41) is 2.80. The summed E-state index contributed by atoms with van der Waals surface area (Å²) in [6, 6.07) is 15.1. The van der Waals surface area contributed by atoms with Crippen LogP contribution in [-0.4, -0.2) is 11.6 Å². The molecule has 0 aliphatic carbocycles. The molecule has 0 saturated carbocycles. The third-order valence-electron chi connectivity index (χ3n) is 2.70. The average molecular weight is 301 g/mol. The Morgan fingerprint density at radius 3 is 2.61 bits per heavy atom. The third kappa shape index (κ3) is 1.95. The quantitative estimate of drug-likeness (QED) is 0.860. The van der Waals surface area contributed by atoms with E-state index in [-0.39, 0.29) is 5.91 Å². The van der Waals surface area contributed by atoms with Gasteiger partial charge in [0.05, 0.1) is 11.4 Å². The number of nitrogens with one attached hydrogen (secondary N) is 1. The van der Waals surface area contributed by atoms with E-state index in [0.29, 0.717) is 5.71 Å². The van der Waals surface area contributed by atoms with Crippen molar-refractivity contribution in [3.05, 3.63) is 58.6 Å². The van der Waals surface area contributed by atoms with Gasteiger partial charge in [0.15, 0.2) is 0 Å². The molecule has 0 unspecified atom stereocenters. The van der Waals surface area contributed by atoms with Gasteiger partial charge in [-0.05, 0) is 30.3 Å². The maximum absolute atomic E-state index is 11.9. The number of benzene rings is 2. The molecule has 3 nitrogen and oxygen atoms in total. The lowest BCUT2D eigenvalue weighted by Gasteiger charge is -1.98. The van der Waals surface area contributed by atoms with Gasteiger partial charge < -0.3 is 5.32 Å². The molecule has 3 rings (SSSR count). The number of hydrogen-bond acceptors (Lipinski definition) is 2. The first kappa shape index (κ1) is 11.2. The monoisotopic (exact) mass is 300 g/mol. The van der Waals surface area contributed by atoms with Crippen molar-refractivity contribution in [3.63, 3.8) is 0 Å². The second-order valence-electron chi connectivity index (χ2n) is 3.94. The van der Waals surface area contributed by atoms with Crippen LogP contribution >= 0.6 is 15.9 Å². The second-order valence-corrected chi connectivity index (χ2v) is 4.86. The molecule has 18 heavy (non-hydrogen) atoms. The van der Waals surface area contributed by atoms with E-state index < -0.39 is 0 Å². The summed E-state index contributed by atoms with van der Waals surface area (Å²) in [6.45, 7) is 0. The van der Waals surface area contributed by atoms with Crippen LogP contribution in [0.1, 0.15) is 5.56 Å². The number of rotatable bonds is 1. The topological polar surface area (TPSA) is 41.5 Å². The molecule has 0 atom stereocenters. The molecule has 0 fully saturated rings. The van der Waals surface area contributed by atoms with E-state index >= 15 is 0 Å². The van der Waals surface area contributed by atoms with Crippen LogP contribution in [-0.2, 0) is 4.79 Å². The minimum Gasteiger partial charge on any atom is -0.320 e. The maximum Gasteiger partial charge on any atom is 0.275 e. The van der Waals surface area contributed by atoms with E-state index in [0.717, 1.165) is 21.4 Å². The molecule has 0 bridgehead atoms. The number of carbonyl (C=O) groups is 1. The van der Waals surface area contributed by atoms with Gasteiger partial charge in [-0.15, -0.1) is 0 Å². The molecule has 1 heterocycles. The molecule has 0 radical (unpaired) electrons. The molecular weight excluding hydrogens is 292 g/mol. The number of fused-ring (bicyclic) bond motifs is 1. The Morgan fingerprint density at radius 1 is 1.06 bits per heavy atom. The molecule has 1 amide bonds. The number of hydrogen-bond donors (Lipinski definition) is 1. The highest BCUT2D eigenvalue weighted by molar-refractivity contribution is 9.10. The van der Waals surface area contributed by atoms with Crippen LogP contribution in [0.5, 0.6) is 0 Å². The number of halogens is 1. The van der Waals surface area contributed by atoms with E-state index in [1.165, 1.54) is 0 Å². The molecule has 2 aromatic rings. The predicted molar refractivity (Wildman–Crippen MR) is 75.4 cm³/mol. The SMILES string of the molecule is O=C1Nc2ccc(Br)cc2C1=Nc1ccccc1. The Labute approximate surface area is 113 Å². The van der Waals surface area contributed by atoms with Gasteiger partial charge in [0, 0.05) is 10.0 Å². The fraction of sp³-hybridized carbons (Fsp3) is 0. The maximum atomic E-state index is 11.9. The zero-order chi connectivity index (χ0) is 12.5. The first-order chi connectivity index (χ1) is 8.74. The number of aliphatic imine (C=N–C) groups is 1. The lowest BCUT2D eigenvalue weighted by atomic mass is 10.1. The van der Waals surface area contributed by atoms with E-state index in [1.54, 1.807) is 0 Å². The average Bonchev–Trinajstić information content (AvgIpc) is 2.67. The first-order valence-corrected chi connectivity index (χ1v) is 6.28. The highest BCUT2D eigenvalue weighted by Gasteiger charge is 2.25. The largest absolute Gasteiger partial charge is 0.320 e. The normalized spacial score (nSPS) is 15.6. The Kier molecular flexibility index (Phi) is 2.72. The molecule has 1 aliphatic rings. The number of amides is 1. The van der Waals surface area contributed by atoms with E-state index in [9.17, 15) is 4.79 Å². The lowest BCUT2D eigenvalue weighted by Crippen LogP contribution is -2.13. The highest BCUT2D eigenvalue weighted by Crippen LogP contribution is 2.28. The van der Waals surface area contributed by atoms with Crippen LogP contribution < -0.4 is 5.32 Å². The summed E-state index contributed by atoms with van der Waals surface area (Å²) >= 11 is 3.40. The van der Waals surface area contributed by atoms with Crippen molar-refractivity contribution in [2.75, 3.05) is 5.32 Å². The molecule has 1 aliphatic heterocycles. The Balaban J connectivity index is 2.12. The summed E-state index contributed by atoms with van der Waals surface area (Å²) in [5.41, 5.74) is 2.86. The zero-order valence-corrected chi connectivity index (χ0v) is 10.9. The van der Waals surface area contributed by atoms with Gasteiger partial charge in [0.1, 0.15) is 5.71 Å². The van der Waals surface area contributed by atoms with Crippen molar-refractivity contribution in [1.29, 1.82) is 0 Å². The molecular formula is C14H9BrN2O. The van der Waals surface area contributed by atoms with E-state index in [4.69, 9.17) is 0 Å². The summed E-state index contributed by atoms with van der Waals surface area (Å²) in [5.74, 6) is -0.160. The molecule has 0 spiro atoms. The third-order valence-corrected chi connectivity index (χ3v) is 3.19. The Morgan fingerprint density at radius 2 is 1.83 bits per heavy atom. The van der Waals surface area contributed by atoms with Crippen molar-refractivity contribution < 1.29 is 4.79 Å². The lowest BCUT2D eigenvalue weighted by molar-refractivity contribution is -0.110. The smallest absolute Gasteiger partial charge is 0.275 e. The van der Waals surface area contributed by atoms with Crippen molar-refractivity contribution in [2.24, 2.45) is 4.99 Å². The second kappa shape index (κ2) is 4.38. The minimum atomic E-state index is -0.160. The minimum absolute atomic E-state index is 0.160. The first-order valence-electron chi connectivity index (χ1n) is 5.49. The van der Waals surface area contributed by atoms with Crippen molar-refractivity contribution in [1.82, 2.24) is 0 Å². The van der Waals surface area contributed by atoms with Crippen molar-refractivity contribution >= 4 is 38.9 Å². The number of nitrogens with zero attached hydrogens (tertiary/aromatic N) is 1. The van der Waals surface area contributed by atoms with E-state index in [2.05, 4.69) is 26.2 Å². The summed E-state index contributed by atoms with van der Waals surface area (Å²) < 4.78 is 0.929. The van der Waals surface area contributed by atoms with Gasteiger partial charge in [-0.25, -0.2) is 4.99 Å². The predicted octanol–water partition coefficient (Wildman–Crippen LogP) is 3.52. The number of anilines is 1. The van der Waals surface area contributed by atoms with Gasteiger partial charge in [-0.1, -0.05) is 34.1 Å². The zero-order valence-electron chi connectivity index (χ0n) is 9.35. The van der Waals surface area contributed by atoms with Crippen LogP contribution in [0, 0.1) is 0 Å². The van der Waals surface area contributed by atoms with Gasteiger partial charge in [0.2, 0.25) is 0 Å². The molecule has 88 valence electrons. The van der Waals surface area contributed by atoms with Crippen LogP contribution in [0.15, 0.2) is 58.0 Å². The van der Waals surface area contributed by atoms with Crippen LogP contribution in [0.2, 0.25) is 0 Å². The molecule has 2 aromatic carbocycles. The van der Waals surface area contributed by atoms with Gasteiger partial charge in [-0.3, -0.25) is 4.79 Å². The summed E-state index contributed by atoms with van der Waals surface area (Å²) in [6.07, 6.45) is 0. The highest BCUT2D eigenvalue weighted by atomic mass is 79.9. The standard InChI is InChI=1S/C14H9BrN2O/c15-9-6-7-12-11(8-9)13(14(18)17-12)16-10-4-2-1-3-5-10/h1-8H,(H,16,17,18). The summed E-state index contributed by atoms with van der Waals surface area (Å²) in [7, 11) is 0. The van der Waals surface area contributed by atoms with Gasteiger partial charge in [0.25, 0.3) is 5.91 Å². The molecule has 0 aromatic heterocycles. The Bertz CT molecular complexity index is 650. The molecule has 4 heteroatoms. The van der Waals surface area contributed by atoms with Crippen LogP contribution in [0.25, 0.3) is 0 Å². The van der Waals surface area contributed by atoms with Crippen molar-refractivity contribution in [3.8, 4) is 0 Å². The van der Waals surface area contributed by atoms with Crippen molar-refractivity contribution in [2.45, 2.75) is 0 Å². The fourth-order valence-corrected chi connectivity index (χ4v) is 2.23. The summed E-state index contributed by atoms with van der Waals surface area (Å²) in [4.78, 5) is 16.3. The number of carbonyl (C=O) groups excluding carboxylic acids is 1. The molecule has 0 saturated heterocycles.